The number of piperazine rings is 1. The average Bonchev–Trinajstić information content (AvgIpc) is 3.14. The maximum atomic E-state index is 13.0. The monoisotopic (exact) mass is 449 g/mol. The van der Waals surface area contributed by atoms with E-state index in [4.69, 9.17) is 12.2 Å². The first kappa shape index (κ1) is 22.4. The molecule has 0 bridgehead atoms. The Balaban J connectivity index is 1.35. The van der Waals surface area contributed by atoms with Gasteiger partial charge in [-0.2, -0.15) is 5.10 Å². The van der Waals surface area contributed by atoms with Crippen LogP contribution in [0.1, 0.15) is 36.5 Å². The molecule has 0 aliphatic carbocycles. The minimum Gasteiger partial charge on any atom is -0.339 e. The number of aromatic amines is 1. The summed E-state index contributed by atoms with van der Waals surface area (Å²) in [6.07, 6.45) is 0. The number of nitrogens with zero attached hydrogens (tertiary/aromatic N) is 4. The van der Waals surface area contributed by atoms with E-state index in [1.54, 1.807) is 4.57 Å². The largest absolute Gasteiger partial charge is 0.339 e. The molecule has 0 atom stereocenters. The molecule has 7 heteroatoms. The van der Waals surface area contributed by atoms with Crippen molar-refractivity contribution in [2.24, 2.45) is 0 Å². The molecule has 2 aromatic carbocycles. The Labute approximate surface area is 194 Å². The van der Waals surface area contributed by atoms with Crippen LogP contribution >= 0.6 is 12.2 Å². The standard InChI is InChI=1S/C25H31N5OS/c1-18(2)21-9-7-20(8-10-21)16-28-11-13-29(14-12-28)23(31)17-30-24(26-27-25(30)32)22-6-4-5-19(3)15-22/h4-10,15,18H,11-14,16-17H2,1-3H3,(H,27,32). The highest BCUT2D eigenvalue weighted by Crippen LogP contribution is 2.19. The zero-order chi connectivity index (χ0) is 22.7. The van der Waals surface area contributed by atoms with Crippen LogP contribution in [-0.4, -0.2) is 56.7 Å². The Morgan fingerprint density at radius 3 is 2.47 bits per heavy atom. The Morgan fingerprint density at radius 1 is 1.09 bits per heavy atom. The molecule has 1 amide bonds. The molecule has 32 heavy (non-hydrogen) atoms. The first-order valence-corrected chi connectivity index (χ1v) is 11.6. The fraction of sp³-hybridized carbons (Fsp3) is 0.400. The van der Waals surface area contributed by atoms with E-state index >= 15 is 0 Å². The number of nitrogens with one attached hydrogen (secondary N) is 1. The van der Waals surface area contributed by atoms with Gasteiger partial charge in [0.05, 0.1) is 0 Å². The molecule has 1 aliphatic heterocycles. The van der Waals surface area contributed by atoms with Crippen molar-refractivity contribution in [3.05, 3.63) is 70.0 Å². The highest BCUT2D eigenvalue weighted by Gasteiger charge is 2.23. The summed E-state index contributed by atoms with van der Waals surface area (Å²) in [6.45, 7) is 10.8. The predicted molar refractivity (Wildman–Crippen MR) is 130 cm³/mol. The molecular formula is C25H31N5OS. The summed E-state index contributed by atoms with van der Waals surface area (Å²) in [6, 6.07) is 17.0. The van der Waals surface area contributed by atoms with Crippen molar-refractivity contribution in [3.8, 4) is 11.4 Å². The first-order chi connectivity index (χ1) is 15.4. The molecule has 0 spiro atoms. The third-order valence-electron chi connectivity index (χ3n) is 6.11. The molecule has 1 fully saturated rings. The third kappa shape index (κ3) is 5.16. The summed E-state index contributed by atoms with van der Waals surface area (Å²) in [5.74, 6) is 1.33. The van der Waals surface area contributed by atoms with Crippen molar-refractivity contribution in [1.29, 1.82) is 0 Å². The number of amides is 1. The van der Waals surface area contributed by atoms with Gasteiger partial charge in [0.15, 0.2) is 10.6 Å². The molecular weight excluding hydrogens is 418 g/mol. The van der Waals surface area contributed by atoms with Gasteiger partial charge in [0.1, 0.15) is 6.54 Å². The van der Waals surface area contributed by atoms with Crippen LogP contribution < -0.4 is 0 Å². The number of rotatable bonds is 6. The molecule has 3 aromatic rings. The van der Waals surface area contributed by atoms with Gasteiger partial charge in [0.25, 0.3) is 0 Å². The molecule has 1 aromatic heterocycles. The van der Waals surface area contributed by atoms with E-state index in [2.05, 4.69) is 59.3 Å². The Bertz CT molecular complexity index is 1120. The quantitative estimate of drug-likeness (QED) is 0.567. The van der Waals surface area contributed by atoms with Crippen LogP contribution in [0, 0.1) is 11.7 Å². The van der Waals surface area contributed by atoms with Gasteiger partial charge in [-0.25, -0.2) is 0 Å². The summed E-state index contributed by atoms with van der Waals surface area (Å²) in [7, 11) is 0. The molecule has 0 saturated carbocycles. The summed E-state index contributed by atoms with van der Waals surface area (Å²) >= 11 is 5.41. The lowest BCUT2D eigenvalue weighted by Gasteiger charge is -2.35. The van der Waals surface area contributed by atoms with Crippen molar-refractivity contribution in [2.45, 2.75) is 39.8 Å². The van der Waals surface area contributed by atoms with Crippen molar-refractivity contribution in [3.63, 3.8) is 0 Å². The summed E-state index contributed by atoms with van der Waals surface area (Å²) in [4.78, 5) is 17.4. The van der Waals surface area contributed by atoms with Gasteiger partial charge >= 0.3 is 0 Å². The minimum absolute atomic E-state index is 0.0809. The lowest BCUT2D eigenvalue weighted by Crippen LogP contribution is -2.49. The number of hydrogen-bond donors (Lipinski definition) is 1. The van der Waals surface area contributed by atoms with Crippen molar-refractivity contribution >= 4 is 18.1 Å². The molecule has 0 radical (unpaired) electrons. The molecule has 1 saturated heterocycles. The zero-order valence-corrected chi connectivity index (χ0v) is 19.9. The molecule has 2 heterocycles. The van der Waals surface area contributed by atoms with Crippen molar-refractivity contribution < 1.29 is 4.79 Å². The predicted octanol–water partition coefficient (Wildman–Crippen LogP) is 4.38. The van der Waals surface area contributed by atoms with E-state index in [-0.39, 0.29) is 12.5 Å². The van der Waals surface area contributed by atoms with Crippen LogP contribution in [0.5, 0.6) is 0 Å². The van der Waals surface area contributed by atoms with E-state index in [1.807, 2.05) is 30.0 Å². The second kappa shape index (κ2) is 9.79. The van der Waals surface area contributed by atoms with Gasteiger partial charge in [-0.05, 0) is 42.3 Å². The molecule has 168 valence electrons. The SMILES string of the molecule is Cc1cccc(-c2n[nH]c(=S)n2CC(=O)N2CCN(Cc3ccc(C(C)C)cc3)CC2)c1. The number of hydrogen-bond acceptors (Lipinski definition) is 4. The minimum atomic E-state index is 0.0809. The van der Waals surface area contributed by atoms with Gasteiger partial charge in [-0.3, -0.25) is 19.4 Å². The maximum Gasteiger partial charge on any atom is 0.242 e. The summed E-state index contributed by atoms with van der Waals surface area (Å²) in [5.41, 5.74) is 4.79. The summed E-state index contributed by atoms with van der Waals surface area (Å²) < 4.78 is 2.27. The number of aryl methyl sites for hydroxylation is 1. The van der Waals surface area contributed by atoms with Gasteiger partial charge in [-0.1, -0.05) is 61.9 Å². The van der Waals surface area contributed by atoms with E-state index in [0.717, 1.165) is 43.9 Å². The van der Waals surface area contributed by atoms with Crippen LogP contribution in [-0.2, 0) is 17.9 Å². The molecule has 6 nitrogen and oxygen atoms in total. The lowest BCUT2D eigenvalue weighted by atomic mass is 10.0. The fourth-order valence-electron chi connectivity index (χ4n) is 4.13. The summed E-state index contributed by atoms with van der Waals surface area (Å²) in [5, 5.41) is 7.21. The zero-order valence-electron chi connectivity index (χ0n) is 19.0. The molecule has 0 unspecified atom stereocenters. The smallest absolute Gasteiger partial charge is 0.242 e. The molecule has 1 N–H and O–H groups in total. The van der Waals surface area contributed by atoms with Gasteiger partial charge in [0.2, 0.25) is 5.91 Å². The van der Waals surface area contributed by atoms with Crippen LogP contribution in [0.15, 0.2) is 48.5 Å². The first-order valence-electron chi connectivity index (χ1n) is 11.2. The molecule has 1 aliphatic rings. The number of benzene rings is 2. The second-order valence-corrected chi connectivity index (χ2v) is 9.25. The van der Waals surface area contributed by atoms with Crippen LogP contribution in [0.2, 0.25) is 0 Å². The van der Waals surface area contributed by atoms with E-state index in [0.29, 0.717) is 16.5 Å². The average molecular weight is 450 g/mol. The number of aromatic nitrogens is 3. The number of H-pyrrole nitrogens is 1. The van der Waals surface area contributed by atoms with Gasteiger partial charge in [-0.15, -0.1) is 0 Å². The maximum absolute atomic E-state index is 13.0. The lowest BCUT2D eigenvalue weighted by molar-refractivity contribution is -0.133. The normalized spacial score (nSPS) is 14.8. The van der Waals surface area contributed by atoms with Crippen molar-refractivity contribution in [1.82, 2.24) is 24.6 Å². The number of carbonyl (C=O) groups excluding carboxylic acids is 1. The Hall–Kier alpha value is -2.77. The topological polar surface area (TPSA) is 57.2 Å². The third-order valence-corrected chi connectivity index (χ3v) is 6.42. The molecule has 4 rings (SSSR count). The highest BCUT2D eigenvalue weighted by atomic mass is 32.1. The van der Waals surface area contributed by atoms with Crippen molar-refractivity contribution in [2.75, 3.05) is 26.2 Å². The van der Waals surface area contributed by atoms with Gasteiger partial charge in [0, 0.05) is 38.3 Å². The van der Waals surface area contributed by atoms with Crippen LogP contribution in [0.3, 0.4) is 0 Å². The fourth-order valence-corrected chi connectivity index (χ4v) is 4.32. The van der Waals surface area contributed by atoms with Gasteiger partial charge < -0.3 is 4.90 Å². The van der Waals surface area contributed by atoms with Crippen LogP contribution in [0.4, 0.5) is 0 Å². The Kier molecular flexibility index (Phi) is 6.86. The van der Waals surface area contributed by atoms with Crippen LogP contribution in [0.25, 0.3) is 11.4 Å². The van der Waals surface area contributed by atoms with E-state index < -0.39 is 0 Å². The number of carbonyl (C=O) groups is 1. The van der Waals surface area contributed by atoms with E-state index in [9.17, 15) is 4.79 Å². The van der Waals surface area contributed by atoms with E-state index in [1.165, 1.54) is 11.1 Å². The Morgan fingerprint density at radius 2 is 1.81 bits per heavy atom. The second-order valence-electron chi connectivity index (χ2n) is 8.86. The highest BCUT2D eigenvalue weighted by molar-refractivity contribution is 7.71.